The summed E-state index contributed by atoms with van der Waals surface area (Å²) in [6, 6.07) is 6.45. The molecule has 2 fully saturated rings. The Hall–Kier alpha value is -1.71. The number of hydrogen-bond acceptors (Lipinski definition) is 7. The van der Waals surface area contributed by atoms with Crippen molar-refractivity contribution in [3.63, 3.8) is 0 Å². The van der Waals surface area contributed by atoms with E-state index in [4.69, 9.17) is 17.0 Å². The summed E-state index contributed by atoms with van der Waals surface area (Å²) >= 11 is 6.40. The van der Waals surface area contributed by atoms with Gasteiger partial charge >= 0.3 is 5.97 Å². The van der Waals surface area contributed by atoms with Gasteiger partial charge in [-0.1, -0.05) is 42.2 Å². The second-order valence-electron chi connectivity index (χ2n) is 5.74. The standard InChI is InChI=1S/C16H15NO5S3/c1-10(18)22-13-5-3-2-4-11(13)8-14-15(19)17(16(23)24-14)12-6-7-25(20,21)9-12/h2-5,8,12H,6-7,9H2,1H3/b14-8-/t12-/m0/s1. The van der Waals surface area contributed by atoms with Gasteiger partial charge in [0.05, 0.1) is 22.5 Å². The van der Waals surface area contributed by atoms with E-state index in [1.807, 2.05) is 0 Å². The molecule has 132 valence electrons. The van der Waals surface area contributed by atoms with Crippen LogP contribution in [0.2, 0.25) is 0 Å². The van der Waals surface area contributed by atoms with Gasteiger partial charge in [-0.25, -0.2) is 8.42 Å². The first-order valence-electron chi connectivity index (χ1n) is 7.52. The molecule has 2 saturated heterocycles. The van der Waals surface area contributed by atoms with E-state index < -0.39 is 21.8 Å². The first-order valence-corrected chi connectivity index (χ1v) is 10.6. The molecule has 1 aromatic carbocycles. The van der Waals surface area contributed by atoms with E-state index in [9.17, 15) is 18.0 Å². The number of ether oxygens (including phenoxy) is 1. The maximum atomic E-state index is 12.7. The molecule has 3 rings (SSSR count). The minimum absolute atomic E-state index is 0.0588. The molecule has 2 aliphatic heterocycles. The highest BCUT2D eigenvalue weighted by Gasteiger charge is 2.42. The van der Waals surface area contributed by atoms with Crippen molar-refractivity contribution < 1.29 is 22.7 Å². The van der Waals surface area contributed by atoms with Crippen molar-refractivity contribution in [1.29, 1.82) is 0 Å². The predicted molar refractivity (Wildman–Crippen MR) is 99.8 cm³/mol. The smallest absolute Gasteiger partial charge is 0.308 e. The van der Waals surface area contributed by atoms with Crippen LogP contribution >= 0.6 is 24.0 Å². The molecule has 0 aromatic heterocycles. The normalized spacial score (nSPS) is 24.1. The monoisotopic (exact) mass is 397 g/mol. The summed E-state index contributed by atoms with van der Waals surface area (Å²) in [7, 11) is -3.12. The van der Waals surface area contributed by atoms with Crippen LogP contribution in [-0.4, -0.2) is 47.1 Å². The van der Waals surface area contributed by atoms with E-state index in [0.717, 1.165) is 11.8 Å². The zero-order valence-corrected chi connectivity index (χ0v) is 15.7. The molecule has 0 spiro atoms. The fraction of sp³-hybridized carbons (Fsp3) is 0.312. The van der Waals surface area contributed by atoms with Gasteiger partial charge in [-0.15, -0.1) is 0 Å². The first-order chi connectivity index (χ1) is 11.8. The molecule has 0 N–H and O–H groups in total. The highest BCUT2D eigenvalue weighted by atomic mass is 32.2. The van der Waals surface area contributed by atoms with Crippen molar-refractivity contribution in [2.75, 3.05) is 11.5 Å². The fourth-order valence-electron chi connectivity index (χ4n) is 2.76. The van der Waals surface area contributed by atoms with E-state index in [1.165, 1.54) is 11.8 Å². The van der Waals surface area contributed by atoms with Gasteiger partial charge in [0, 0.05) is 12.5 Å². The Bertz CT molecular complexity index is 891. The summed E-state index contributed by atoms with van der Waals surface area (Å²) in [4.78, 5) is 25.7. The Balaban J connectivity index is 1.88. The van der Waals surface area contributed by atoms with E-state index in [1.54, 1.807) is 30.3 Å². The highest BCUT2D eigenvalue weighted by Crippen LogP contribution is 2.37. The molecule has 1 aromatic rings. The second kappa shape index (κ2) is 6.89. The Kier molecular flexibility index (Phi) is 4.99. The summed E-state index contributed by atoms with van der Waals surface area (Å²) in [5.74, 6) is -0.400. The Labute approximate surface area is 155 Å². The van der Waals surface area contributed by atoms with Crippen LogP contribution in [0.1, 0.15) is 18.9 Å². The molecule has 0 saturated carbocycles. The maximum Gasteiger partial charge on any atom is 0.308 e. The number of carbonyl (C=O) groups is 2. The Morgan fingerprint density at radius 3 is 2.76 bits per heavy atom. The third kappa shape index (κ3) is 3.94. The van der Waals surface area contributed by atoms with Gasteiger partial charge in [-0.2, -0.15) is 0 Å². The number of nitrogens with zero attached hydrogens (tertiary/aromatic N) is 1. The van der Waals surface area contributed by atoms with Gasteiger partial charge in [0.1, 0.15) is 10.1 Å². The quantitative estimate of drug-likeness (QED) is 0.334. The lowest BCUT2D eigenvalue weighted by atomic mass is 10.1. The molecular formula is C16H15NO5S3. The largest absolute Gasteiger partial charge is 0.426 e. The van der Waals surface area contributed by atoms with Crippen LogP contribution in [0.5, 0.6) is 5.75 Å². The van der Waals surface area contributed by atoms with Gasteiger partial charge in [0.15, 0.2) is 9.84 Å². The minimum atomic E-state index is -3.12. The van der Waals surface area contributed by atoms with Crippen LogP contribution in [0.15, 0.2) is 29.2 Å². The van der Waals surface area contributed by atoms with Crippen molar-refractivity contribution in [3.8, 4) is 5.75 Å². The molecule has 0 unspecified atom stereocenters. The third-order valence-corrected chi connectivity index (χ3v) is 6.94. The van der Waals surface area contributed by atoms with Crippen molar-refractivity contribution in [2.45, 2.75) is 19.4 Å². The molecule has 25 heavy (non-hydrogen) atoms. The SMILES string of the molecule is CC(=O)Oc1ccccc1/C=C1\SC(=S)N([C@H]2CCS(=O)(=O)C2)C1=O. The third-order valence-electron chi connectivity index (χ3n) is 3.86. The van der Waals surface area contributed by atoms with Crippen molar-refractivity contribution in [2.24, 2.45) is 0 Å². The summed E-state index contributed by atoms with van der Waals surface area (Å²) in [6.45, 7) is 1.30. The fourth-order valence-corrected chi connectivity index (χ4v) is 5.85. The molecular weight excluding hydrogens is 382 g/mol. The van der Waals surface area contributed by atoms with Crippen molar-refractivity contribution >= 4 is 56.1 Å². The lowest BCUT2D eigenvalue weighted by molar-refractivity contribution is -0.131. The molecule has 2 aliphatic rings. The molecule has 6 nitrogen and oxygen atoms in total. The molecule has 0 radical (unpaired) electrons. The molecule has 1 amide bonds. The zero-order valence-electron chi connectivity index (χ0n) is 13.3. The van der Waals surface area contributed by atoms with Crippen LogP contribution in [0.4, 0.5) is 0 Å². The molecule has 9 heteroatoms. The second-order valence-corrected chi connectivity index (χ2v) is 9.64. The number of thiocarbonyl (C=S) groups is 1. The topological polar surface area (TPSA) is 80.8 Å². The number of benzene rings is 1. The molecule has 0 bridgehead atoms. The van der Waals surface area contributed by atoms with Crippen LogP contribution in [-0.2, 0) is 19.4 Å². The van der Waals surface area contributed by atoms with Crippen LogP contribution in [0, 0.1) is 0 Å². The van der Waals surface area contributed by atoms with Crippen molar-refractivity contribution in [1.82, 2.24) is 4.90 Å². The maximum absolute atomic E-state index is 12.7. The van der Waals surface area contributed by atoms with Crippen molar-refractivity contribution in [3.05, 3.63) is 34.7 Å². The average Bonchev–Trinajstić information content (AvgIpc) is 3.00. The van der Waals surface area contributed by atoms with Gasteiger partial charge in [0.2, 0.25) is 0 Å². The number of sulfone groups is 1. The first kappa shape index (κ1) is 18.1. The number of rotatable bonds is 3. The van der Waals surface area contributed by atoms with E-state index in [0.29, 0.717) is 27.0 Å². The molecule has 2 heterocycles. The average molecular weight is 397 g/mol. The van der Waals surface area contributed by atoms with E-state index >= 15 is 0 Å². The van der Waals surface area contributed by atoms with Gasteiger partial charge in [0.25, 0.3) is 5.91 Å². The molecule has 1 atom stereocenters. The van der Waals surface area contributed by atoms with Crippen LogP contribution < -0.4 is 4.74 Å². The lowest BCUT2D eigenvalue weighted by Crippen LogP contribution is -2.39. The minimum Gasteiger partial charge on any atom is -0.426 e. The zero-order chi connectivity index (χ0) is 18.2. The van der Waals surface area contributed by atoms with Gasteiger partial charge in [-0.05, 0) is 18.6 Å². The Morgan fingerprint density at radius 2 is 2.12 bits per heavy atom. The number of carbonyl (C=O) groups excluding carboxylic acids is 2. The summed E-state index contributed by atoms with van der Waals surface area (Å²) in [5.41, 5.74) is 0.581. The van der Waals surface area contributed by atoms with Crippen LogP contribution in [0.3, 0.4) is 0 Å². The lowest BCUT2D eigenvalue weighted by Gasteiger charge is -2.20. The van der Waals surface area contributed by atoms with Crippen LogP contribution in [0.25, 0.3) is 6.08 Å². The summed E-state index contributed by atoms with van der Waals surface area (Å²) in [5, 5.41) is 0. The molecule has 0 aliphatic carbocycles. The van der Waals surface area contributed by atoms with Gasteiger partial charge < -0.3 is 4.74 Å². The summed E-state index contributed by atoms with van der Waals surface area (Å²) < 4.78 is 28.9. The Morgan fingerprint density at radius 1 is 1.40 bits per heavy atom. The predicted octanol–water partition coefficient (Wildman–Crippen LogP) is 2.00. The number of hydrogen-bond donors (Lipinski definition) is 0. The number of para-hydroxylation sites is 1. The van der Waals surface area contributed by atoms with Gasteiger partial charge in [-0.3, -0.25) is 14.5 Å². The summed E-state index contributed by atoms with van der Waals surface area (Å²) in [6.07, 6.45) is 2.01. The number of esters is 1. The van der Waals surface area contributed by atoms with E-state index in [-0.39, 0.29) is 17.4 Å². The number of amides is 1. The number of thioether (sulfide) groups is 1. The highest BCUT2D eigenvalue weighted by molar-refractivity contribution is 8.26. The van der Waals surface area contributed by atoms with E-state index in [2.05, 4.69) is 0 Å².